The maximum Gasteiger partial charge on any atom is 0.410 e. The van der Waals surface area contributed by atoms with Crippen LogP contribution in [0.3, 0.4) is 0 Å². The van der Waals surface area contributed by atoms with Gasteiger partial charge in [-0.3, -0.25) is 4.98 Å². The third-order valence-corrected chi connectivity index (χ3v) is 3.97. The lowest BCUT2D eigenvalue weighted by atomic mass is 9.87. The van der Waals surface area contributed by atoms with Crippen molar-refractivity contribution < 1.29 is 13.9 Å². The van der Waals surface area contributed by atoms with Gasteiger partial charge in [-0.1, -0.05) is 0 Å². The van der Waals surface area contributed by atoms with Crippen molar-refractivity contribution in [1.29, 1.82) is 0 Å². The minimum atomic E-state index is -1.27. The molecular formula is C18H27FN2O2. The minimum absolute atomic E-state index is 0.340. The van der Waals surface area contributed by atoms with E-state index in [-0.39, 0.29) is 6.09 Å². The van der Waals surface area contributed by atoms with Crippen molar-refractivity contribution in [3.63, 3.8) is 0 Å². The van der Waals surface area contributed by atoms with E-state index < -0.39 is 11.3 Å². The lowest BCUT2D eigenvalue weighted by Crippen LogP contribution is -2.47. The zero-order valence-corrected chi connectivity index (χ0v) is 14.8. The Balaban J connectivity index is 1.95. The Kier molecular flexibility index (Phi) is 4.97. The van der Waals surface area contributed by atoms with Gasteiger partial charge in [-0.15, -0.1) is 0 Å². The van der Waals surface area contributed by atoms with Gasteiger partial charge in [0.15, 0.2) is 0 Å². The maximum absolute atomic E-state index is 15.1. The van der Waals surface area contributed by atoms with Gasteiger partial charge >= 0.3 is 6.09 Å². The molecule has 0 unspecified atom stereocenters. The molecule has 23 heavy (non-hydrogen) atoms. The summed E-state index contributed by atoms with van der Waals surface area (Å²) in [5.41, 5.74) is 1.01. The second kappa shape index (κ2) is 6.46. The van der Waals surface area contributed by atoms with Gasteiger partial charge in [-0.05, 0) is 65.2 Å². The van der Waals surface area contributed by atoms with E-state index in [0.29, 0.717) is 32.4 Å². The van der Waals surface area contributed by atoms with Gasteiger partial charge in [-0.2, -0.15) is 0 Å². The van der Waals surface area contributed by atoms with Crippen LogP contribution in [-0.4, -0.2) is 40.3 Å². The molecular weight excluding hydrogens is 295 g/mol. The molecule has 1 aromatic rings. The standard InChI is InChI=1S/C18H27FN2O2/c1-13-10-15(11-14(2)20-13)12-18(19)6-8-21(9-7-18)16(22)23-17(3,4)5/h10-11H,6-9,12H2,1-5H3. The highest BCUT2D eigenvalue weighted by Gasteiger charge is 2.37. The summed E-state index contributed by atoms with van der Waals surface area (Å²) in [6, 6.07) is 3.88. The van der Waals surface area contributed by atoms with Crippen molar-refractivity contribution in [2.24, 2.45) is 0 Å². The van der Waals surface area contributed by atoms with E-state index in [4.69, 9.17) is 4.74 Å². The van der Waals surface area contributed by atoms with Crippen LogP contribution in [-0.2, 0) is 11.2 Å². The Morgan fingerprint density at radius 2 is 1.78 bits per heavy atom. The number of nitrogens with zero attached hydrogens (tertiary/aromatic N) is 2. The quantitative estimate of drug-likeness (QED) is 0.827. The van der Waals surface area contributed by atoms with Crippen LogP contribution in [0.2, 0.25) is 0 Å². The zero-order valence-electron chi connectivity index (χ0n) is 14.8. The largest absolute Gasteiger partial charge is 0.444 e. The predicted molar refractivity (Wildman–Crippen MR) is 88.3 cm³/mol. The monoisotopic (exact) mass is 322 g/mol. The fraction of sp³-hybridized carbons (Fsp3) is 0.667. The Morgan fingerprint density at radius 1 is 1.26 bits per heavy atom. The number of carbonyl (C=O) groups is 1. The molecule has 1 aromatic heterocycles. The van der Waals surface area contributed by atoms with E-state index in [1.807, 2.05) is 46.8 Å². The van der Waals surface area contributed by atoms with Crippen LogP contribution in [0.25, 0.3) is 0 Å². The molecule has 0 radical (unpaired) electrons. The molecule has 0 saturated carbocycles. The molecule has 0 bridgehead atoms. The number of piperidine rings is 1. The van der Waals surface area contributed by atoms with Crippen LogP contribution in [0.5, 0.6) is 0 Å². The summed E-state index contributed by atoms with van der Waals surface area (Å²) in [6.07, 6.45) is 0.703. The fourth-order valence-electron chi connectivity index (χ4n) is 2.98. The first-order valence-corrected chi connectivity index (χ1v) is 8.17. The van der Waals surface area contributed by atoms with Crippen LogP contribution in [0.15, 0.2) is 12.1 Å². The molecule has 2 rings (SSSR count). The van der Waals surface area contributed by atoms with Gasteiger partial charge in [-0.25, -0.2) is 9.18 Å². The van der Waals surface area contributed by atoms with Gasteiger partial charge in [0.2, 0.25) is 0 Å². The first kappa shape index (κ1) is 17.7. The van der Waals surface area contributed by atoms with Crippen molar-refractivity contribution in [2.45, 2.75) is 65.2 Å². The summed E-state index contributed by atoms with van der Waals surface area (Å²) in [7, 11) is 0. The molecule has 5 heteroatoms. The molecule has 128 valence electrons. The number of alkyl halides is 1. The molecule has 0 atom stereocenters. The third kappa shape index (κ3) is 5.19. The summed E-state index contributed by atoms with van der Waals surface area (Å²) >= 11 is 0. The average Bonchev–Trinajstić information content (AvgIpc) is 2.35. The van der Waals surface area contributed by atoms with Gasteiger partial charge in [0.05, 0.1) is 0 Å². The Labute approximate surface area is 138 Å². The molecule has 0 spiro atoms. The number of aromatic nitrogens is 1. The van der Waals surface area contributed by atoms with Crippen LogP contribution in [0, 0.1) is 13.8 Å². The average molecular weight is 322 g/mol. The number of carbonyl (C=O) groups excluding carboxylic acids is 1. The van der Waals surface area contributed by atoms with Crippen molar-refractivity contribution in [2.75, 3.05) is 13.1 Å². The lowest BCUT2D eigenvalue weighted by molar-refractivity contribution is 0.00339. The van der Waals surface area contributed by atoms with Crippen LogP contribution in [0.1, 0.15) is 50.6 Å². The third-order valence-electron chi connectivity index (χ3n) is 3.97. The second-order valence-corrected chi connectivity index (χ2v) is 7.55. The smallest absolute Gasteiger partial charge is 0.410 e. The molecule has 0 N–H and O–H groups in total. The van der Waals surface area contributed by atoms with Crippen LogP contribution in [0.4, 0.5) is 9.18 Å². The Bertz CT molecular complexity index is 553. The second-order valence-electron chi connectivity index (χ2n) is 7.55. The summed E-state index contributed by atoms with van der Waals surface area (Å²) < 4.78 is 20.4. The van der Waals surface area contributed by atoms with Crippen molar-refractivity contribution in [3.05, 3.63) is 29.1 Å². The lowest BCUT2D eigenvalue weighted by Gasteiger charge is -2.37. The first-order valence-electron chi connectivity index (χ1n) is 8.17. The van der Waals surface area contributed by atoms with Crippen molar-refractivity contribution in [3.8, 4) is 0 Å². The molecule has 2 heterocycles. The number of ether oxygens (including phenoxy) is 1. The number of hydrogen-bond acceptors (Lipinski definition) is 3. The van der Waals surface area contributed by atoms with E-state index in [0.717, 1.165) is 17.0 Å². The zero-order chi connectivity index (χ0) is 17.3. The van der Waals surface area contributed by atoms with E-state index in [1.165, 1.54) is 0 Å². The highest BCUT2D eigenvalue weighted by Crippen LogP contribution is 2.31. The molecule has 1 aliphatic heterocycles. The minimum Gasteiger partial charge on any atom is -0.444 e. The molecule has 0 aromatic carbocycles. The highest BCUT2D eigenvalue weighted by atomic mass is 19.1. The SMILES string of the molecule is Cc1cc(CC2(F)CCN(C(=O)OC(C)(C)C)CC2)cc(C)n1. The first-order chi connectivity index (χ1) is 10.6. The number of amides is 1. The molecule has 1 fully saturated rings. The number of likely N-dealkylation sites (tertiary alicyclic amines) is 1. The molecule has 4 nitrogen and oxygen atoms in total. The van der Waals surface area contributed by atoms with Crippen molar-refractivity contribution in [1.82, 2.24) is 9.88 Å². The van der Waals surface area contributed by atoms with E-state index in [9.17, 15) is 4.79 Å². The molecule has 1 saturated heterocycles. The van der Waals surface area contributed by atoms with E-state index >= 15 is 4.39 Å². The number of halogens is 1. The summed E-state index contributed by atoms with van der Waals surface area (Å²) in [6.45, 7) is 10.1. The normalized spacial score (nSPS) is 17.9. The van der Waals surface area contributed by atoms with Crippen LogP contribution >= 0.6 is 0 Å². The number of rotatable bonds is 2. The van der Waals surface area contributed by atoms with E-state index in [1.54, 1.807) is 4.90 Å². The topological polar surface area (TPSA) is 42.4 Å². The summed E-state index contributed by atoms with van der Waals surface area (Å²) in [4.78, 5) is 18.0. The highest BCUT2D eigenvalue weighted by molar-refractivity contribution is 5.68. The van der Waals surface area contributed by atoms with Crippen LogP contribution < -0.4 is 0 Å². The number of aryl methyl sites for hydroxylation is 2. The maximum atomic E-state index is 15.1. The predicted octanol–water partition coefficient (Wildman–Crippen LogP) is 3.98. The molecule has 1 aliphatic rings. The van der Waals surface area contributed by atoms with Crippen molar-refractivity contribution >= 4 is 6.09 Å². The Morgan fingerprint density at radius 3 is 2.26 bits per heavy atom. The molecule has 1 amide bonds. The summed E-state index contributed by atoms with van der Waals surface area (Å²) in [5.74, 6) is 0. The van der Waals surface area contributed by atoms with Gasteiger partial charge < -0.3 is 9.64 Å². The van der Waals surface area contributed by atoms with Gasteiger partial charge in [0, 0.05) is 30.9 Å². The van der Waals surface area contributed by atoms with Gasteiger partial charge in [0.1, 0.15) is 11.3 Å². The number of hydrogen-bond donors (Lipinski definition) is 0. The Hall–Kier alpha value is -1.65. The fourth-order valence-corrected chi connectivity index (χ4v) is 2.98. The van der Waals surface area contributed by atoms with E-state index in [2.05, 4.69) is 4.98 Å². The summed E-state index contributed by atoms with van der Waals surface area (Å²) in [5, 5.41) is 0. The van der Waals surface area contributed by atoms with Gasteiger partial charge in [0.25, 0.3) is 0 Å². The number of pyridine rings is 1. The molecule has 0 aliphatic carbocycles.